The molecule has 0 aliphatic carbocycles. The van der Waals surface area contributed by atoms with Gasteiger partial charge in [-0.15, -0.1) is 0 Å². The van der Waals surface area contributed by atoms with Gasteiger partial charge in [0.05, 0.1) is 15.7 Å². The molecule has 0 heterocycles. The maximum absolute atomic E-state index is 13.0. The van der Waals surface area contributed by atoms with Gasteiger partial charge in [0.25, 0.3) is 0 Å². The highest BCUT2D eigenvalue weighted by atomic mass is 35.5. The molecule has 0 unspecified atom stereocenters. The molecule has 0 aliphatic heterocycles. The second-order valence-electron chi connectivity index (χ2n) is 3.81. The molecule has 0 atom stereocenters. The van der Waals surface area contributed by atoms with E-state index in [1.165, 1.54) is 12.1 Å². The van der Waals surface area contributed by atoms with Crippen LogP contribution in [0.3, 0.4) is 0 Å². The molecular formula is C13H9Cl2FN2S. The molecule has 0 aliphatic rings. The largest absolute Gasteiger partial charge is 0.389 e. The van der Waals surface area contributed by atoms with Crippen LogP contribution < -0.4 is 11.1 Å². The van der Waals surface area contributed by atoms with Crippen LogP contribution in [0.2, 0.25) is 10.0 Å². The summed E-state index contributed by atoms with van der Waals surface area (Å²) < 4.78 is 13.0. The Morgan fingerprint density at radius 3 is 2.42 bits per heavy atom. The molecule has 98 valence electrons. The molecule has 0 bridgehead atoms. The average molecular weight is 315 g/mol. The van der Waals surface area contributed by atoms with Crippen LogP contribution >= 0.6 is 35.4 Å². The number of hydrogen-bond acceptors (Lipinski definition) is 2. The lowest BCUT2D eigenvalue weighted by Gasteiger charge is -2.10. The Morgan fingerprint density at radius 1 is 1.11 bits per heavy atom. The number of nitrogens with one attached hydrogen (secondary N) is 1. The molecular weight excluding hydrogens is 306 g/mol. The van der Waals surface area contributed by atoms with Crippen molar-refractivity contribution in [1.29, 1.82) is 0 Å². The summed E-state index contributed by atoms with van der Waals surface area (Å²) in [5.41, 5.74) is 7.49. The van der Waals surface area contributed by atoms with E-state index >= 15 is 0 Å². The molecule has 2 rings (SSSR count). The van der Waals surface area contributed by atoms with E-state index in [1.807, 2.05) is 0 Å². The second-order valence-corrected chi connectivity index (χ2v) is 5.07. The lowest BCUT2D eigenvalue weighted by Crippen LogP contribution is -2.09. The third-order valence-corrected chi connectivity index (χ3v) is 3.29. The van der Waals surface area contributed by atoms with E-state index in [1.54, 1.807) is 24.3 Å². The minimum atomic E-state index is -0.470. The summed E-state index contributed by atoms with van der Waals surface area (Å²) in [4.78, 5) is 0.276. The summed E-state index contributed by atoms with van der Waals surface area (Å²) >= 11 is 16.7. The summed E-state index contributed by atoms with van der Waals surface area (Å²) in [6.07, 6.45) is 0. The Morgan fingerprint density at radius 2 is 1.84 bits per heavy atom. The predicted octanol–water partition coefficient (Wildman–Crippen LogP) is 4.51. The Labute approximate surface area is 125 Å². The number of benzene rings is 2. The van der Waals surface area contributed by atoms with Gasteiger partial charge in [-0.3, -0.25) is 0 Å². The lowest BCUT2D eigenvalue weighted by atomic mass is 10.2. The fourth-order valence-electron chi connectivity index (χ4n) is 1.50. The van der Waals surface area contributed by atoms with Crippen molar-refractivity contribution in [1.82, 2.24) is 0 Å². The first-order valence-electron chi connectivity index (χ1n) is 5.29. The molecule has 0 amide bonds. The van der Waals surface area contributed by atoms with Crippen molar-refractivity contribution < 1.29 is 4.39 Å². The second kappa shape index (κ2) is 5.74. The molecule has 0 saturated heterocycles. The summed E-state index contributed by atoms with van der Waals surface area (Å²) in [6, 6.07) is 9.49. The molecule has 2 aromatic rings. The Hall–Kier alpha value is -1.36. The first-order valence-corrected chi connectivity index (χ1v) is 6.45. The van der Waals surface area contributed by atoms with Gasteiger partial charge in [0.1, 0.15) is 10.8 Å². The molecule has 0 spiro atoms. The molecule has 0 radical (unpaired) electrons. The maximum atomic E-state index is 13.0. The van der Waals surface area contributed by atoms with E-state index < -0.39 is 5.82 Å². The maximum Gasteiger partial charge on any atom is 0.141 e. The molecule has 19 heavy (non-hydrogen) atoms. The smallest absolute Gasteiger partial charge is 0.141 e. The van der Waals surface area contributed by atoms with Gasteiger partial charge in [0.15, 0.2) is 0 Å². The molecule has 0 aromatic heterocycles. The summed E-state index contributed by atoms with van der Waals surface area (Å²) in [5.74, 6) is -0.470. The average Bonchev–Trinajstić information content (AvgIpc) is 2.36. The summed E-state index contributed by atoms with van der Waals surface area (Å²) in [5, 5.41) is 3.55. The first kappa shape index (κ1) is 14.1. The van der Waals surface area contributed by atoms with E-state index in [0.29, 0.717) is 22.0 Å². The van der Waals surface area contributed by atoms with E-state index in [4.69, 9.17) is 41.2 Å². The number of rotatable bonds is 3. The topological polar surface area (TPSA) is 38.0 Å². The highest BCUT2D eigenvalue weighted by molar-refractivity contribution is 7.80. The van der Waals surface area contributed by atoms with Crippen LogP contribution in [-0.4, -0.2) is 4.99 Å². The normalized spacial score (nSPS) is 10.3. The fraction of sp³-hybridized carbons (Fsp3) is 0. The van der Waals surface area contributed by atoms with E-state index in [-0.39, 0.29) is 10.0 Å². The Balaban J connectivity index is 2.28. The number of thiocarbonyl (C=S) groups is 1. The number of hydrogen-bond donors (Lipinski definition) is 2. The number of nitrogens with two attached hydrogens (primary N) is 1. The number of anilines is 2. The van der Waals surface area contributed by atoms with Crippen LogP contribution in [0.4, 0.5) is 15.8 Å². The van der Waals surface area contributed by atoms with Crippen LogP contribution in [0.1, 0.15) is 5.56 Å². The highest BCUT2D eigenvalue weighted by Gasteiger charge is 2.06. The van der Waals surface area contributed by atoms with Gasteiger partial charge < -0.3 is 11.1 Å². The van der Waals surface area contributed by atoms with Gasteiger partial charge in [0, 0.05) is 11.3 Å². The van der Waals surface area contributed by atoms with Crippen LogP contribution in [0.15, 0.2) is 36.4 Å². The lowest BCUT2D eigenvalue weighted by molar-refractivity contribution is 0.628. The van der Waals surface area contributed by atoms with Gasteiger partial charge in [-0.1, -0.05) is 35.4 Å². The zero-order valence-electron chi connectivity index (χ0n) is 9.58. The van der Waals surface area contributed by atoms with Gasteiger partial charge in [-0.2, -0.15) is 0 Å². The van der Waals surface area contributed by atoms with Crippen molar-refractivity contribution in [3.63, 3.8) is 0 Å². The zero-order valence-corrected chi connectivity index (χ0v) is 11.9. The summed E-state index contributed by atoms with van der Waals surface area (Å²) in [7, 11) is 0. The number of halogens is 3. The molecule has 6 heteroatoms. The standard InChI is InChI=1S/C13H9Cl2FN2S/c14-9-6-8(2-3-11(9)16)18-12-4-1-7(13(17)19)5-10(12)15/h1-6,18H,(H2,17,19). The predicted molar refractivity (Wildman–Crippen MR) is 82.0 cm³/mol. The van der Waals surface area contributed by atoms with Gasteiger partial charge in [0.2, 0.25) is 0 Å². The van der Waals surface area contributed by atoms with Crippen molar-refractivity contribution in [2.75, 3.05) is 5.32 Å². The molecule has 3 N–H and O–H groups in total. The molecule has 0 fully saturated rings. The van der Waals surface area contributed by atoms with Crippen LogP contribution in [0, 0.1) is 5.82 Å². The highest BCUT2D eigenvalue weighted by Crippen LogP contribution is 2.28. The quantitative estimate of drug-likeness (QED) is 0.819. The minimum absolute atomic E-state index is 0.0425. The Bertz CT molecular complexity index is 647. The molecule has 0 saturated carbocycles. The summed E-state index contributed by atoms with van der Waals surface area (Å²) in [6.45, 7) is 0. The molecule has 2 nitrogen and oxygen atoms in total. The van der Waals surface area contributed by atoms with Gasteiger partial charge in [-0.05, 0) is 36.4 Å². The Kier molecular flexibility index (Phi) is 4.24. The fourth-order valence-corrected chi connectivity index (χ4v) is 2.03. The van der Waals surface area contributed by atoms with Gasteiger partial charge in [-0.25, -0.2) is 4.39 Å². The van der Waals surface area contributed by atoms with Crippen molar-refractivity contribution in [3.8, 4) is 0 Å². The van der Waals surface area contributed by atoms with Crippen molar-refractivity contribution in [2.45, 2.75) is 0 Å². The third kappa shape index (κ3) is 3.35. The zero-order chi connectivity index (χ0) is 14.0. The third-order valence-electron chi connectivity index (χ3n) is 2.45. The minimum Gasteiger partial charge on any atom is -0.389 e. The first-order chi connectivity index (χ1) is 8.97. The molecule has 2 aromatic carbocycles. The monoisotopic (exact) mass is 314 g/mol. The van der Waals surface area contributed by atoms with E-state index in [2.05, 4.69) is 5.32 Å². The van der Waals surface area contributed by atoms with Crippen molar-refractivity contribution in [3.05, 3.63) is 57.8 Å². The van der Waals surface area contributed by atoms with Crippen LogP contribution in [0.5, 0.6) is 0 Å². The van der Waals surface area contributed by atoms with Crippen LogP contribution in [-0.2, 0) is 0 Å². The SMILES string of the molecule is NC(=S)c1ccc(Nc2ccc(F)c(Cl)c2)c(Cl)c1. The van der Waals surface area contributed by atoms with Gasteiger partial charge >= 0.3 is 0 Å². The van der Waals surface area contributed by atoms with E-state index in [9.17, 15) is 4.39 Å². The van der Waals surface area contributed by atoms with E-state index in [0.717, 1.165) is 0 Å². The van der Waals surface area contributed by atoms with Crippen LogP contribution in [0.25, 0.3) is 0 Å². The van der Waals surface area contributed by atoms with Crippen molar-refractivity contribution in [2.24, 2.45) is 5.73 Å². The van der Waals surface area contributed by atoms with Crippen molar-refractivity contribution >= 4 is 51.8 Å².